The predicted octanol–water partition coefficient (Wildman–Crippen LogP) is 3.05. The number of hydrogen-bond donors (Lipinski definition) is 1. The summed E-state index contributed by atoms with van der Waals surface area (Å²) in [5.74, 6) is 1.85. The molecule has 1 unspecified atom stereocenters. The van der Waals surface area contributed by atoms with Gasteiger partial charge in [0.1, 0.15) is 0 Å². The Morgan fingerprint density at radius 1 is 1.04 bits per heavy atom. The minimum atomic E-state index is -0.0387. The van der Waals surface area contributed by atoms with E-state index in [2.05, 4.69) is 34.5 Å². The van der Waals surface area contributed by atoms with Crippen LogP contribution in [0.25, 0.3) is 0 Å². The van der Waals surface area contributed by atoms with Crippen LogP contribution in [-0.4, -0.2) is 36.2 Å². The first-order valence-corrected chi connectivity index (χ1v) is 9.69. The van der Waals surface area contributed by atoms with Crippen LogP contribution < -0.4 is 14.8 Å². The second-order valence-corrected chi connectivity index (χ2v) is 7.90. The normalized spacial score (nSPS) is 23.6. The zero-order valence-corrected chi connectivity index (χ0v) is 15.3. The zero-order chi connectivity index (χ0) is 18.3. The van der Waals surface area contributed by atoms with Gasteiger partial charge in [-0.1, -0.05) is 36.4 Å². The molecule has 5 rings (SSSR count). The molecule has 5 nitrogen and oxygen atoms in total. The number of hydrogen-bond acceptors (Lipinski definition) is 4. The molecule has 3 heterocycles. The van der Waals surface area contributed by atoms with Crippen molar-refractivity contribution in [3.05, 3.63) is 59.7 Å². The van der Waals surface area contributed by atoms with E-state index in [0.717, 1.165) is 56.0 Å². The molecule has 2 saturated heterocycles. The molecule has 0 radical (unpaired) electrons. The number of carbonyl (C=O) groups is 1. The van der Waals surface area contributed by atoms with E-state index in [1.807, 2.05) is 24.3 Å². The molecular weight excluding hydrogens is 340 g/mol. The molecule has 1 atom stereocenters. The van der Waals surface area contributed by atoms with E-state index in [9.17, 15) is 4.79 Å². The lowest BCUT2D eigenvalue weighted by atomic mass is 9.82. The Morgan fingerprint density at radius 3 is 2.63 bits per heavy atom. The molecule has 2 aromatic rings. The number of piperidine rings is 1. The minimum Gasteiger partial charge on any atom is -0.454 e. The van der Waals surface area contributed by atoms with Gasteiger partial charge >= 0.3 is 0 Å². The Labute approximate surface area is 159 Å². The van der Waals surface area contributed by atoms with Gasteiger partial charge in [-0.25, -0.2) is 0 Å². The van der Waals surface area contributed by atoms with Gasteiger partial charge in [0.05, 0.1) is 5.92 Å². The van der Waals surface area contributed by atoms with Gasteiger partial charge in [-0.15, -0.1) is 0 Å². The van der Waals surface area contributed by atoms with Gasteiger partial charge in [0.2, 0.25) is 12.7 Å². The number of nitrogens with zero attached hydrogens (tertiary/aromatic N) is 1. The van der Waals surface area contributed by atoms with E-state index >= 15 is 0 Å². The van der Waals surface area contributed by atoms with E-state index in [-0.39, 0.29) is 17.4 Å². The van der Waals surface area contributed by atoms with Crippen molar-refractivity contribution in [3.63, 3.8) is 0 Å². The molecule has 27 heavy (non-hydrogen) atoms. The number of amides is 1. The fourth-order valence-electron chi connectivity index (χ4n) is 4.60. The first kappa shape index (κ1) is 16.6. The largest absolute Gasteiger partial charge is 0.454 e. The summed E-state index contributed by atoms with van der Waals surface area (Å²) in [4.78, 5) is 15.0. The second-order valence-electron chi connectivity index (χ2n) is 7.90. The molecule has 1 N–H and O–H groups in total. The molecule has 3 aliphatic rings. The third-order valence-corrected chi connectivity index (χ3v) is 6.16. The number of rotatable bonds is 3. The summed E-state index contributed by atoms with van der Waals surface area (Å²) >= 11 is 0. The highest BCUT2D eigenvalue weighted by Crippen LogP contribution is 2.39. The highest BCUT2D eigenvalue weighted by atomic mass is 16.7. The molecule has 2 aromatic carbocycles. The minimum absolute atomic E-state index is 0.00777. The summed E-state index contributed by atoms with van der Waals surface area (Å²) in [6.07, 6.45) is 2.92. The van der Waals surface area contributed by atoms with Crippen molar-refractivity contribution in [1.29, 1.82) is 0 Å². The van der Waals surface area contributed by atoms with Crippen LogP contribution in [0.5, 0.6) is 11.5 Å². The molecule has 1 amide bonds. The van der Waals surface area contributed by atoms with Crippen LogP contribution in [0.3, 0.4) is 0 Å². The first-order valence-electron chi connectivity index (χ1n) is 9.69. The van der Waals surface area contributed by atoms with Gasteiger partial charge in [0.15, 0.2) is 11.5 Å². The summed E-state index contributed by atoms with van der Waals surface area (Å²) in [5.41, 5.74) is 2.34. The van der Waals surface area contributed by atoms with Crippen molar-refractivity contribution in [2.45, 2.75) is 37.3 Å². The van der Waals surface area contributed by atoms with Gasteiger partial charge in [-0.2, -0.15) is 0 Å². The van der Waals surface area contributed by atoms with Crippen molar-refractivity contribution in [3.8, 4) is 11.5 Å². The van der Waals surface area contributed by atoms with Crippen LogP contribution in [0, 0.1) is 0 Å². The maximum atomic E-state index is 12.6. The van der Waals surface area contributed by atoms with E-state index < -0.39 is 0 Å². The lowest BCUT2D eigenvalue weighted by Crippen LogP contribution is -2.50. The van der Waals surface area contributed by atoms with E-state index in [1.54, 1.807) is 0 Å². The zero-order valence-electron chi connectivity index (χ0n) is 15.3. The molecule has 0 aromatic heterocycles. The lowest BCUT2D eigenvalue weighted by Gasteiger charge is -2.39. The Morgan fingerprint density at radius 2 is 1.81 bits per heavy atom. The van der Waals surface area contributed by atoms with Crippen molar-refractivity contribution >= 4 is 5.91 Å². The fraction of sp³-hybridized carbons (Fsp3) is 0.409. The molecule has 1 spiro atoms. The molecule has 0 saturated carbocycles. The van der Waals surface area contributed by atoms with Gasteiger partial charge < -0.3 is 14.8 Å². The smallest absolute Gasteiger partial charge is 0.231 e. The first-order chi connectivity index (χ1) is 13.2. The monoisotopic (exact) mass is 364 g/mol. The molecular formula is C22H24N2O3. The van der Waals surface area contributed by atoms with Crippen LogP contribution in [-0.2, 0) is 11.3 Å². The highest BCUT2D eigenvalue weighted by molar-refractivity contribution is 5.87. The van der Waals surface area contributed by atoms with Gasteiger partial charge in [0, 0.05) is 25.2 Å². The third-order valence-electron chi connectivity index (χ3n) is 6.16. The lowest BCUT2D eigenvalue weighted by molar-refractivity contribution is -0.121. The van der Waals surface area contributed by atoms with Crippen LogP contribution >= 0.6 is 0 Å². The summed E-state index contributed by atoms with van der Waals surface area (Å²) in [6.45, 7) is 3.21. The summed E-state index contributed by atoms with van der Waals surface area (Å²) in [7, 11) is 0. The maximum absolute atomic E-state index is 12.6. The average molecular weight is 364 g/mol. The molecule has 3 aliphatic heterocycles. The molecule has 0 bridgehead atoms. The van der Waals surface area contributed by atoms with Gasteiger partial charge in [0.25, 0.3) is 0 Å². The van der Waals surface area contributed by atoms with Crippen LogP contribution in [0.2, 0.25) is 0 Å². The van der Waals surface area contributed by atoms with Crippen molar-refractivity contribution in [1.82, 2.24) is 10.2 Å². The Kier molecular flexibility index (Phi) is 4.05. The number of fused-ring (bicyclic) bond motifs is 1. The fourth-order valence-corrected chi connectivity index (χ4v) is 4.60. The Balaban J connectivity index is 1.22. The number of carbonyl (C=O) groups excluding carboxylic acids is 1. The second kappa shape index (κ2) is 6.57. The molecule has 140 valence electrons. The summed E-state index contributed by atoms with van der Waals surface area (Å²) in [6, 6.07) is 16.3. The maximum Gasteiger partial charge on any atom is 0.231 e. The van der Waals surface area contributed by atoms with E-state index in [4.69, 9.17) is 9.47 Å². The van der Waals surface area contributed by atoms with E-state index in [0.29, 0.717) is 6.79 Å². The number of likely N-dealkylation sites (tertiary alicyclic amines) is 1. The van der Waals surface area contributed by atoms with Crippen molar-refractivity contribution in [2.75, 3.05) is 19.9 Å². The Bertz CT molecular complexity index is 844. The molecule has 2 fully saturated rings. The van der Waals surface area contributed by atoms with Gasteiger partial charge in [-0.05, 0) is 42.5 Å². The SMILES string of the molecule is O=C1NC2(CCN(Cc3ccc4c(c3)OCO4)CC2)CC1c1ccccc1. The number of nitrogens with one attached hydrogen (secondary N) is 1. The van der Waals surface area contributed by atoms with Gasteiger partial charge in [-0.3, -0.25) is 9.69 Å². The molecule has 5 heteroatoms. The van der Waals surface area contributed by atoms with Crippen molar-refractivity contribution in [2.24, 2.45) is 0 Å². The summed E-state index contributed by atoms with van der Waals surface area (Å²) < 4.78 is 10.9. The summed E-state index contributed by atoms with van der Waals surface area (Å²) in [5, 5.41) is 3.33. The van der Waals surface area contributed by atoms with Crippen LogP contribution in [0.15, 0.2) is 48.5 Å². The topological polar surface area (TPSA) is 50.8 Å². The van der Waals surface area contributed by atoms with E-state index in [1.165, 1.54) is 5.56 Å². The quantitative estimate of drug-likeness (QED) is 0.910. The number of benzene rings is 2. The number of ether oxygens (including phenoxy) is 2. The Hall–Kier alpha value is -2.53. The van der Waals surface area contributed by atoms with Crippen molar-refractivity contribution < 1.29 is 14.3 Å². The third kappa shape index (κ3) is 3.16. The van der Waals surface area contributed by atoms with Crippen LogP contribution in [0.1, 0.15) is 36.3 Å². The molecule has 0 aliphatic carbocycles. The average Bonchev–Trinajstić information content (AvgIpc) is 3.29. The highest BCUT2D eigenvalue weighted by Gasteiger charge is 2.46. The van der Waals surface area contributed by atoms with Crippen LogP contribution in [0.4, 0.5) is 0 Å². The standard InChI is InChI=1S/C22H24N2O3/c25-21-18(17-4-2-1-3-5-17)13-22(23-21)8-10-24(11-9-22)14-16-6-7-19-20(12-16)27-15-26-19/h1-7,12,18H,8-11,13-15H2,(H,23,25). The predicted molar refractivity (Wildman–Crippen MR) is 102 cm³/mol.